The smallest absolute Gasteiger partial charge is 0.0992 e. The molecule has 0 saturated carbocycles. The van der Waals surface area contributed by atoms with Gasteiger partial charge in [-0.2, -0.15) is 5.26 Å². The fourth-order valence-corrected chi connectivity index (χ4v) is 0.876. The third kappa shape index (κ3) is 1.78. The second-order valence-corrected chi connectivity index (χ2v) is 2.27. The molecule has 4 nitrogen and oxygen atoms in total. The Morgan fingerprint density at radius 1 is 1.25 bits per heavy atom. The van der Waals surface area contributed by atoms with Crippen LogP contribution in [0, 0.1) is 11.3 Å². The molecule has 0 spiro atoms. The molecule has 0 aliphatic carbocycles. The molecule has 62 valence electrons. The number of nitrogens with zero attached hydrogens (tertiary/aromatic N) is 2. The summed E-state index contributed by atoms with van der Waals surface area (Å²) in [6, 6.07) is 4.88. The third-order valence-electron chi connectivity index (χ3n) is 1.38. The van der Waals surface area contributed by atoms with Gasteiger partial charge in [0.15, 0.2) is 0 Å². The van der Waals surface area contributed by atoms with Crippen molar-refractivity contribution in [2.45, 2.75) is 13.2 Å². The van der Waals surface area contributed by atoms with Crippen LogP contribution in [-0.2, 0) is 13.2 Å². The van der Waals surface area contributed by atoms with Crippen LogP contribution < -0.4 is 0 Å². The van der Waals surface area contributed by atoms with Crippen molar-refractivity contribution in [3.8, 4) is 6.07 Å². The van der Waals surface area contributed by atoms with Gasteiger partial charge in [0.1, 0.15) is 0 Å². The van der Waals surface area contributed by atoms with E-state index in [1.54, 1.807) is 0 Å². The first-order valence-corrected chi connectivity index (χ1v) is 3.42. The van der Waals surface area contributed by atoms with E-state index in [1.807, 2.05) is 6.07 Å². The van der Waals surface area contributed by atoms with E-state index >= 15 is 0 Å². The summed E-state index contributed by atoms with van der Waals surface area (Å²) in [4.78, 5) is 3.87. The molecular weight excluding hydrogens is 156 g/mol. The van der Waals surface area contributed by atoms with E-state index in [1.165, 1.54) is 12.1 Å². The lowest BCUT2D eigenvalue weighted by Crippen LogP contribution is -1.96. The van der Waals surface area contributed by atoms with Crippen molar-refractivity contribution in [2.75, 3.05) is 0 Å². The largest absolute Gasteiger partial charge is 0.390 e. The molecule has 1 aromatic heterocycles. The maximum Gasteiger partial charge on any atom is 0.0992 e. The van der Waals surface area contributed by atoms with Crippen LogP contribution in [-0.4, -0.2) is 15.2 Å². The molecule has 1 aromatic rings. The van der Waals surface area contributed by atoms with Crippen LogP contribution in [0.3, 0.4) is 0 Å². The van der Waals surface area contributed by atoms with Crippen molar-refractivity contribution in [1.82, 2.24) is 4.98 Å². The van der Waals surface area contributed by atoms with Crippen LogP contribution in [0.5, 0.6) is 0 Å². The van der Waals surface area contributed by atoms with Crippen LogP contribution in [0.4, 0.5) is 0 Å². The standard InChI is InChI=1S/C8H8N2O2/c9-3-6-1-7(4-11)10-8(2-6)5-12/h1-2,11-12H,4-5H2. The third-order valence-corrected chi connectivity index (χ3v) is 1.38. The van der Waals surface area contributed by atoms with Crippen molar-refractivity contribution in [3.05, 3.63) is 29.1 Å². The minimum atomic E-state index is -0.220. The summed E-state index contributed by atoms with van der Waals surface area (Å²) < 4.78 is 0. The van der Waals surface area contributed by atoms with Gasteiger partial charge in [0, 0.05) is 0 Å². The summed E-state index contributed by atoms with van der Waals surface area (Å²) in [5.74, 6) is 0. The first-order chi connectivity index (χ1) is 5.80. The Balaban J connectivity index is 3.12. The van der Waals surface area contributed by atoms with Gasteiger partial charge >= 0.3 is 0 Å². The number of hydrogen-bond donors (Lipinski definition) is 2. The van der Waals surface area contributed by atoms with Gasteiger partial charge in [0.2, 0.25) is 0 Å². The van der Waals surface area contributed by atoms with Crippen molar-refractivity contribution < 1.29 is 10.2 Å². The number of nitriles is 1. The van der Waals surface area contributed by atoms with E-state index < -0.39 is 0 Å². The molecule has 0 atom stereocenters. The number of aliphatic hydroxyl groups excluding tert-OH is 2. The average Bonchev–Trinajstić information content (AvgIpc) is 2.16. The summed E-state index contributed by atoms with van der Waals surface area (Å²) in [5.41, 5.74) is 1.20. The fraction of sp³-hybridized carbons (Fsp3) is 0.250. The number of pyridine rings is 1. The molecule has 0 amide bonds. The van der Waals surface area contributed by atoms with Crippen LogP contribution in [0.2, 0.25) is 0 Å². The van der Waals surface area contributed by atoms with Gasteiger partial charge in [-0.05, 0) is 12.1 Å². The molecule has 0 saturated heterocycles. The maximum absolute atomic E-state index is 8.72. The maximum atomic E-state index is 8.72. The van der Waals surface area contributed by atoms with Gasteiger partial charge in [-0.1, -0.05) is 0 Å². The second kappa shape index (κ2) is 3.81. The Kier molecular flexibility index (Phi) is 2.75. The van der Waals surface area contributed by atoms with E-state index in [9.17, 15) is 0 Å². The van der Waals surface area contributed by atoms with Gasteiger partial charge in [0.05, 0.1) is 36.2 Å². The summed E-state index contributed by atoms with van der Waals surface area (Å²) in [6.45, 7) is -0.439. The zero-order chi connectivity index (χ0) is 8.97. The van der Waals surface area contributed by atoms with Crippen molar-refractivity contribution >= 4 is 0 Å². The molecular formula is C8H8N2O2. The summed E-state index contributed by atoms with van der Waals surface area (Å²) in [7, 11) is 0. The van der Waals surface area contributed by atoms with Crippen molar-refractivity contribution in [2.24, 2.45) is 0 Å². The Morgan fingerprint density at radius 3 is 2.08 bits per heavy atom. The van der Waals surface area contributed by atoms with Crippen LogP contribution in [0.15, 0.2) is 12.1 Å². The lowest BCUT2D eigenvalue weighted by molar-refractivity contribution is 0.265. The molecule has 0 bridgehead atoms. The molecule has 12 heavy (non-hydrogen) atoms. The molecule has 0 aromatic carbocycles. The van der Waals surface area contributed by atoms with E-state index in [2.05, 4.69) is 4.98 Å². The SMILES string of the molecule is N#Cc1cc(CO)nc(CO)c1. The Labute approximate surface area is 69.7 Å². The minimum absolute atomic E-state index is 0.220. The second-order valence-electron chi connectivity index (χ2n) is 2.27. The minimum Gasteiger partial charge on any atom is -0.390 e. The highest BCUT2D eigenvalue weighted by Gasteiger charge is 1.99. The molecule has 0 fully saturated rings. The Bertz CT molecular complexity index is 295. The first-order valence-electron chi connectivity index (χ1n) is 3.42. The average molecular weight is 164 g/mol. The van der Waals surface area contributed by atoms with Gasteiger partial charge in [0.25, 0.3) is 0 Å². The molecule has 1 rings (SSSR count). The van der Waals surface area contributed by atoms with Crippen LogP contribution >= 0.6 is 0 Å². The van der Waals surface area contributed by atoms with Crippen molar-refractivity contribution in [3.63, 3.8) is 0 Å². The molecule has 0 aliphatic rings. The van der Waals surface area contributed by atoms with Gasteiger partial charge in [-0.3, -0.25) is 4.98 Å². The monoisotopic (exact) mass is 164 g/mol. The number of aromatic nitrogens is 1. The van der Waals surface area contributed by atoms with Gasteiger partial charge in [-0.25, -0.2) is 0 Å². The van der Waals surface area contributed by atoms with Crippen LogP contribution in [0.25, 0.3) is 0 Å². The highest BCUT2D eigenvalue weighted by Crippen LogP contribution is 2.05. The zero-order valence-electron chi connectivity index (χ0n) is 6.36. The van der Waals surface area contributed by atoms with Crippen molar-refractivity contribution in [1.29, 1.82) is 5.26 Å². The lowest BCUT2D eigenvalue weighted by Gasteiger charge is -1.99. The summed E-state index contributed by atoms with van der Waals surface area (Å²) in [6.07, 6.45) is 0. The highest BCUT2D eigenvalue weighted by molar-refractivity contribution is 5.31. The van der Waals surface area contributed by atoms with E-state index in [4.69, 9.17) is 15.5 Å². The van der Waals surface area contributed by atoms with E-state index in [0.29, 0.717) is 17.0 Å². The zero-order valence-corrected chi connectivity index (χ0v) is 6.36. The van der Waals surface area contributed by atoms with Gasteiger partial charge < -0.3 is 10.2 Å². The number of hydrogen-bond acceptors (Lipinski definition) is 4. The lowest BCUT2D eigenvalue weighted by atomic mass is 10.2. The molecule has 1 heterocycles. The normalized spacial score (nSPS) is 9.42. The summed E-state index contributed by atoms with van der Waals surface area (Å²) >= 11 is 0. The molecule has 2 N–H and O–H groups in total. The topological polar surface area (TPSA) is 77.1 Å². The first kappa shape index (κ1) is 8.65. The fourth-order valence-electron chi connectivity index (χ4n) is 0.876. The number of aliphatic hydroxyl groups is 2. The molecule has 4 heteroatoms. The Hall–Kier alpha value is -1.44. The molecule has 0 aliphatic heterocycles. The molecule has 0 radical (unpaired) electrons. The Morgan fingerprint density at radius 2 is 1.75 bits per heavy atom. The van der Waals surface area contributed by atoms with E-state index in [-0.39, 0.29) is 13.2 Å². The summed E-state index contributed by atoms with van der Waals surface area (Å²) in [5, 5.41) is 26.0. The molecule has 0 unspecified atom stereocenters. The van der Waals surface area contributed by atoms with Crippen LogP contribution in [0.1, 0.15) is 17.0 Å². The van der Waals surface area contributed by atoms with Gasteiger partial charge in [-0.15, -0.1) is 0 Å². The number of rotatable bonds is 2. The highest BCUT2D eigenvalue weighted by atomic mass is 16.3. The van der Waals surface area contributed by atoms with E-state index in [0.717, 1.165) is 0 Å². The predicted molar refractivity (Wildman–Crippen MR) is 40.8 cm³/mol. The predicted octanol–water partition coefficient (Wildman–Crippen LogP) is -0.0621. The quantitative estimate of drug-likeness (QED) is 0.641.